The zero-order chi connectivity index (χ0) is 19.7. The van der Waals surface area contributed by atoms with Crippen molar-refractivity contribution in [2.45, 2.75) is 32.7 Å². The number of para-hydroxylation sites is 1. The third kappa shape index (κ3) is 3.97. The largest absolute Gasteiger partial charge is 0.415 e. The fourth-order valence-electron chi connectivity index (χ4n) is 3.98. The van der Waals surface area contributed by atoms with E-state index in [2.05, 4.69) is 23.3 Å². The lowest BCUT2D eigenvalue weighted by Gasteiger charge is -2.33. The number of hydrogen-bond donors (Lipinski definition) is 0. The number of aromatic nitrogens is 1. The van der Waals surface area contributed by atoms with E-state index in [4.69, 9.17) is 4.74 Å². The number of amides is 1. The third-order valence-electron chi connectivity index (χ3n) is 5.64. The summed E-state index contributed by atoms with van der Waals surface area (Å²) in [5, 5.41) is 0. The minimum atomic E-state index is -0.329. The zero-order valence-electron chi connectivity index (χ0n) is 16.6. The number of aryl methyl sites for hydroxylation is 1. The summed E-state index contributed by atoms with van der Waals surface area (Å²) in [7, 11) is 0. The highest BCUT2D eigenvalue weighted by atomic mass is 16.6. The molecule has 0 unspecified atom stereocenters. The van der Waals surface area contributed by atoms with Gasteiger partial charge in [0.2, 0.25) is 0 Å². The van der Waals surface area contributed by atoms with Crippen molar-refractivity contribution in [1.29, 1.82) is 0 Å². The molecule has 28 heavy (non-hydrogen) atoms. The van der Waals surface area contributed by atoms with Crippen molar-refractivity contribution >= 4 is 11.9 Å². The summed E-state index contributed by atoms with van der Waals surface area (Å²) in [5.41, 5.74) is 3.11. The van der Waals surface area contributed by atoms with E-state index in [-0.39, 0.29) is 11.9 Å². The van der Waals surface area contributed by atoms with Gasteiger partial charge >= 0.3 is 6.09 Å². The summed E-state index contributed by atoms with van der Waals surface area (Å²) in [5.74, 6) is 0.719. The molecule has 4 rings (SSSR count). The van der Waals surface area contributed by atoms with Gasteiger partial charge in [0.15, 0.2) is 5.78 Å². The molecular weight excluding hydrogens is 354 g/mol. The van der Waals surface area contributed by atoms with Crippen LogP contribution in [0.3, 0.4) is 0 Å². The van der Waals surface area contributed by atoms with Crippen LogP contribution in [0.5, 0.6) is 5.75 Å². The van der Waals surface area contributed by atoms with Gasteiger partial charge in [-0.15, -0.1) is 0 Å². The Morgan fingerprint density at radius 3 is 2.36 bits per heavy atom. The lowest BCUT2D eigenvalue weighted by molar-refractivity contribution is 0.0845. The summed E-state index contributed by atoms with van der Waals surface area (Å²) in [6.07, 6.45) is 2.10. The Hall–Kier alpha value is -2.60. The number of hydrogen-bond acceptors (Lipinski definition) is 4. The molecule has 0 atom stereocenters. The second kappa shape index (κ2) is 7.80. The Kier molecular flexibility index (Phi) is 5.22. The Bertz CT molecular complexity index is 863. The van der Waals surface area contributed by atoms with Crippen LogP contribution >= 0.6 is 0 Å². The molecule has 0 radical (unpaired) electrons. The first-order valence-electron chi connectivity index (χ1n) is 9.98. The molecule has 2 aromatic rings. The third-order valence-corrected chi connectivity index (χ3v) is 5.64. The molecule has 148 valence electrons. The number of rotatable bonds is 5. The smallest absolute Gasteiger partial charge is 0.410 e. The molecular formula is C22H27N3O3. The van der Waals surface area contributed by atoms with Gasteiger partial charge in [-0.3, -0.25) is 9.69 Å². The molecule has 1 saturated carbocycles. The lowest BCUT2D eigenvalue weighted by atomic mass is 10.1. The summed E-state index contributed by atoms with van der Waals surface area (Å²) >= 11 is 0. The number of Topliss-reactive ketones (excluding diaryl/α,β-unsaturated/α-hetero) is 1. The van der Waals surface area contributed by atoms with Gasteiger partial charge in [-0.05, 0) is 44.9 Å². The van der Waals surface area contributed by atoms with Crippen LogP contribution in [0, 0.1) is 13.8 Å². The van der Waals surface area contributed by atoms with E-state index >= 15 is 0 Å². The first-order chi connectivity index (χ1) is 13.5. The van der Waals surface area contributed by atoms with E-state index in [0.29, 0.717) is 44.5 Å². The van der Waals surface area contributed by atoms with E-state index in [1.807, 2.05) is 24.3 Å². The van der Waals surface area contributed by atoms with Crippen LogP contribution in [0.2, 0.25) is 0 Å². The maximum Gasteiger partial charge on any atom is 0.415 e. The standard InChI is InChI=1S/C22H27N3O3/c1-16-14-20(17(2)25(16)18-8-9-18)21(26)15-23-10-12-24(13-11-23)22(27)28-19-6-4-3-5-7-19/h3-7,14,18H,8-13,15H2,1-2H3. The number of nitrogens with zero attached hydrogens (tertiary/aromatic N) is 3. The van der Waals surface area contributed by atoms with Crippen molar-refractivity contribution in [3.63, 3.8) is 0 Å². The van der Waals surface area contributed by atoms with Crippen LogP contribution < -0.4 is 4.74 Å². The van der Waals surface area contributed by atoms with Crippen molar-refractivity contribution in [2.24, 2.45) is 0 Å². The highest BCUT2D eigenvalue weighted by Gasteiger charge is 2.29. The van der Waals surface area contributed by atoms with E-state index in [0.717, 1.165) is 11.3 Å². The van der Waals surface area contributed by atoms with Crippen molar-refractivity contribution in [3.8, 4) is 5.75 Å². The van der Waals surface area contributed by atoms with Crippen LogP contribution in [0.1, 0.15) is 40.6 Å². The molecule has 0 bridgehead atoms. The minimum Gasteiger partial charge on any atom is -0.410 e. The number of ketones is 1. The number of benzene rings is 1. The first kappa shape index (κ1) is 18.7. The predicted octanol–water partition coefficient (Wildman–Crippen LogP) is 3.44. The molecule has 2 aliphatic rings. The summed E-state index contributed by atoms with van der Waals surface area (Å²) in [4.78, 5) is 29.0. The van der Waals surface area contributed by atoms with Crippen LogP contribution in [-0.2, 0) is 0 Å². The van der Waals surface area contributed by atoms with E-state index in [1.165, 1.54) is 18.5 Å². The molecule has 1 saturated heterocycles. The van der Waals surface area contributed by atoms with Gasteiger partial charge < -0.3 is 14.2 Å². The molecule has 1 amide bonds. The van der Waals surface area contributed by atoms with Crippen LogP contribution in [0.4, 0.5) is 4.79 Å². The molecule has 1 aliphatic carbocycles. The fourth-order valence-corrected chi connectivity index (χ4v) is 3.98. The highest BCUT2D eigenvalue weighted by Crippen LogP contribution is 2.38. The Labute approximate surface area is 165 Å². The maximum atomic E-state index is 12.8. The average molecular weight is 381 g/mol. The molecule has 6 nitrogen and oxygen atoms in total. The summed E-state index contributed by atoms with van der Waals surface area (Å²) in [6.45, 7) is 7.03. The van der Waals surface area contributed by atoms with Gasteiger partial charge in [0.05, 0.1) is 6.54 Å². The van der Waals surface area contributed by atoms with Gasteiger partial charge in [0.1, 0.15) is 5.75 Å². The van der Waals surface area contributed by atoms with Gasteiger partial charge in [0, 0.05) is 49.2 Å². The maximum absolute atomic E-state index is 12.8. The van der Waals surface area contributed by atoms with Crippen LogP contribution in [0.15, 0.2) is 36.4 Å². The normalized spacial score (nSPS) is 17.6. The molecule has 1 aliphatic heterocycles. The molecule has 1 aromatic heterocycles. The second-order valence-electron chi connectivity index (χ2n) is 7.75. The van der Waals surface area contributed by atoms with E-state index in [1.54, 1.807) is 17.0 Å². The topological polar surface area (TPSA) is 54.8 Å². The van der Waals surface area contributed by atoms with Crippen molar-refractivity contribution < 1.29 is 14.3 Å². The fraction of sp³-hybridized carbons (Fsp3) is 0.455. The minimum absolute atomic E-state index is 0.167. The lowest BCUT2D eigenvalue weighted by Crippen LogP contribution is -2.50. The molecule has 2 heterocycles. The highest BCUT2D eigenvalue weighted by molar-refractivity contribution is 5.99. The zero-order valence-corrected chi connectivity index (χ0v) is 16.6. The Morgan fingerprint density at radius 1 is 1.04 bits per heavy atom. The van der Waals surface area contributed by atoms with Crippen LogP contribution in [0.25, 0.3) is 0 Å². The summed E-state index contributed by atoms with van der Waals surface area (Å²) in [6, 6.07) is 11.7. The summed E-state index contributed by atoms with van der Waals surface area (Å²) < 4.78 is 7.71. The Balaban J connectivity index is 1.30. The second-order valence-corrected chi connectivity index (χ2v) is 7.75. The molecule has 1 aromatic carbocycles. The van der Waals surface area contributed by atoms with E-state index in [9.17, 15) is 9.59 Å². The van der Waals surface area contributed by atoms with Crippen LogP contribution in [-0.4, -0.2) is 59.0 Å². The molecule has 6 heteroatoms. The number of ether oxygens (including phenoxy) is 1. The molecule has 0 N–H and O–H groups in total. The van der Waals surface area contributed by atoms with Crippen molar-refractivity contribution in [3.05, 3.63) is 53.3 Å². The van der Waals surface area contributed by atoms with Gasteiger partial charge in [-0.25, -0.2) is 4.79 Å². The SMILES string of the molecule is Cc1cc(C(=O)CN2CCN(C(=O)Oc3ccccc3)CC2)c(C)n1C1CC1. The van der Waals surface area contributed by atoms with Crippen molar-refractivity contribution in [1.82, 2.24) is 14.4 Å². The number of piperazine rings is 1. The Morgan fingerprint density at radius 2 is 1.71 bits per heavy atom. The first-order valence-corrected chi connectivity index (χ1v) is 9.98. The monoisotopic (exact) mass is 381 g/mol. The molecule has 0 spiro atoms. The molecule has 2 fully saturated rings. The van der Waals surface area contributed by atoms with E-state index < -0.39 is 0 Å². The van der Waals surface area contributed by atoms with Gasteiger partial charge in [-0.1, -0.05) is 18.2 Å². The predicted molar refractivity (Wildman–Crippen MR) is 107 cm³/mol. The van der Waals surface area contributed by atoms with Gasteiger partial charge in [-0.2, -0.15) is 0 Å². The average Bonchev–Trinajstić information content (AvgIpc) is 3.47. The van der Waals surface area contributed by atoms with Crippen molar-refractivity contribution in [2.75, 3.05) is 32.7 Å². The number of carbonyl (C=O) groups excluding carboxylic acids is 2. The van der Waals surface area contributed by atoms with Gasteiger partial charge in [0.25, 0.3) is 0 Å². The quantitative estimate of drug-likeness (QED) is 0.745. The number of carbonyl (C=O) groups is 2.